The van der Waals surface area contributed by atoms with Gasteiger partial charge in [-0.25, -0.2) is 0 Å². The van der Waals surface area contributed by atoms with E-state index in [2.05, 4.69) is 95.3 Å². The van der Waals surface area contributed by atoms with E-state index < -0.39 is 0 Å². The van der Waals surface area contributed by atoms with E-state index in [1.165, 1.54) is 23.2 Å². The zero-order chi connectivity index (χ0) is 13.2. The van der Waals surface area contributed by atoms with Gasteiger partial charge in [0.25, 0.3) is 0 Å². The van der Waals surface area contributed by atoms with Gasteiger partial charge in [-0.3, -0.25) is 0 Å². The van der Waals surface area contributed by atoms with E-state index in [9.17, 15) is 0 Å². The molecule has 0 radical (unpaired) electrons. The van der Waals surface area contributed by atoms with Gasteiger partial charge in [0.1, 0.15) is 0 Å². The summed E-state index contributed by atoms with van der Waals surface area (Å²) in [6, 6.07) is 21.8. The molecule has 0 N–H and O–H groups in total. The summed E-state index contributed by atoms with van der Waals surface area (Å²) >= 11 is 2.22. The summed E-state index contributed by atoms with van der Waals surface area (Å²) in [6.07, 6.45) is 2.53. The molecular weight excluding hydrogens is 353 g/mol. The number of halogens is 1. The van der Waals surface area contributed by atoms with Gasteiger partial charge in [0.05, 0.1) is 0 Å². The third-order valence-corrected chi connectivity index (χ3v) is 5.32. The third-order valence-electron chi connectivity index (χ3n) is 2.58. The summed E-state index contributed by atoms with van der Waals surface area (Å²) in [5.41, 5.74) is 0. The second kappa shape index (κ2) is 9.71. The van der Waals surface area contributed by atoms with Crippen LogP contribution in [0.2, 0.25) is 0 Å². The van der Waals surface area contributed by atoms with Crippen molar-refractivity contribution < 1.29 is 18.2 Å². The molecule has 0 spiro atoms. The van der Waals surface area contributed by atoms with Gasteiger partial charge in [0, 0.05) is 0 Å². The van der Waals surface area contributed by atoms with E-state index >= 15 is 0 Å². The summed E-state index contributed by atoms with van der Waals surface area (Å²) in [5.74, 6) is 0. The average molecular weight is 370 g/mol. The van der Waals surface area contributed by atoms with Crippen LogP contribution in [0.5, 0.6) is 0 Å². The van der Waals surface area contributed by atoms with Crippen LogP contribution in [0.15, 0.2) is 60.7 Å². The molecule has 0 nitrogen and oxygen atoms in total. The molecule has 0 atom stereocenters. The van der Waals surface area contributed by atoms with E-state index in [4.69, 9.17) is 0 Å². The Hall–Kier alpha value is -0.178. The Bertz CT molecular complexity index is 380. The van der Waals surface area contributed by atoms with Crippen molar-refractivity contribution >= 4 is 28.1 Å². The van der Waals surface area contributed by atoms with Crippen molar-refractivity contribution in [2.75, 3.05) is 6.16 Å². The van der Waals surface area contributed by atoms with Crippen molar-refractivity contribution in [3.8, 4) is 0 Å². The van der Waals surface area contributed by atoms with Crippen LogP contribution in [0.1, 0.15) is 13.3 Å². The van der Waals surface area contributed by atoms with Crippen LogP contribution >= 0.6 is 17.5 Å². The van der Waals surface area contributed by atoms with Gasteiger partial charge < -0.3 is 0 Å². The van der Waals surface area contributed by atoms with Gasteiger partial charge in [-0.15, -0.1) is 0 Å². The molecule has 0 heterocycles. The Morgan fingerprint density at radius 1 is 0.833 bits per heavy atom. The molecule has 2 aromatic rings. The van der Waals surface area contributed by atoms with Crippen molar-refractivity contribution in [3.05, 3.63) is 60.7 Å². The molecule has 2 aromatic carbocycles. The van der Waals surface area contributed by atoms with Gasteiger partial charge in [0.2, 0.25) is 0 Å². The minimum absolute atomic E-state index is 0.151. The Morgan fingerprint density at radius 2 is 1.22 bits per heavy atom. The minimum atomic E-state index is -0.151. The molecule has 0 fully saturated rings. The molecule has 0 amide bonds. The van der Waals surface area contributed by atoms with E-state index in [0.717, 1.165) is 0 Å². The van der Waals surface area contributed by atoms with Crippen LogP contribution in [-0.2, 0) is 18.2 Å². The molecular formula is C15H17ClPPd. The van der Waals surface area contributed by atoms with Crippen LogP contribution in [0.3, 0.4) is 0 Å². The SMILES string of the molecule is CCCP(c1ccccc1)c1ccccc1.[Cl][Pd]. The first-order valence-corrected chi connectivity index (χ1v) is 9.44. The Morgan fingerprint density at radius 3 is 1.56 bits per heavy atom. The molecule has 2 rings (SSSR count). The first kappa shape index (κ1) is 15.9. The third kappa shape index (κ3) is 4.83. The topological polar surface area (TPSA) is 0 Å². The fourth-order valence-electron chi connectivity index (χ4n) is 1.85. The van der Waals surface area contributed by atoms with E-state index in [-0.39, 0.29) is 7.92 Å². The second-order valence-corrected chi connectivity index (χ2v) is 6.16. The van der Waals surface area contributed by atoms with Crippen molar-refractivity contribution in [2.24, 2.45) is 0 Å². The van der Waals surface area contributed by atoms with Crippen molar-refractivity contribution in [1.29, 1.82) is 0 Å². The Balaban J connectivity index is 0.000000771. The normalized spacial score (nSPS) is 9.83. The van der Waals surface area contributed by atoms with Crippen LogP contribution in [0.25, 0.3) is 0 Å². The molecule has 0 aliphatic carbocycles. The van der Waals surface area contributed by atoms with Gasteiger partial charge in [-0.1, -0.05) is 74.0 Å². The second-order valence-electron chi connectivity index (χ2n) is 3.82. The van der Waals surface area contributed by atoms with E-state index in [0.29, 0.717) is 0 Å². The zero-order valence-corrected chi connectivity index (χ0v) is 13.5. The molecule has 0 aromatic heterocycles. The van der Waals surface area contributed by atoms with Crippen LogP contribution < -0.4 is 10.6 Å². The molecule has 0 unspecified atom stereocenters. The van der Waals surface area contributed by atoms with E-state index in [1.54, 1.807) is 0 Å². The van der Waals surface area contributed by atoms with E-state index in [1.807, 2.05) is 0 Å². The van der Waals surface area contributed by atoms with Gasteiger partial charge in [-0.05, 0) is 24.7 Å². The number of hydrogen-bond acceptors (Lipinski definition) is 0. The Labute approximate surface area is 126 Å². The van der Waals surface area contributed by atoms with Gasteiger partial charge >= 0.3 is 27.7 Å². The Kier molecular flexibility index (Phi) is 8.57. The van der Waals surface area contributed by atoms with Crippen LogP contribution in [0, 0.1) is 0 Å². The maximum atomic E-state index is 4.49. The quantitative estimate of drug-likeness (QED) is 0.559. The fourth-order valence-corrected chi connectivity index (χ4v) is 4.17. The molecule has 0 bridgehead atoms. The van der Waals surface area contributed by atoms with Crippen LogP contribution in [-0.4, -0.2) is 6.16 Å². The number of rotatable bonds is 4. The van der Waals surface area contributed by atoms with Crippen molar-refractivity contribution in [2.45, 2.75) is 13.3 Å². The van der Waals surface area contributed by atoms with Crippen molar-refractivity contribution in [1.82, 2.24) is 0 Å². The average Bonchev–Trinajstić information content (AvgIpc) is 2.49. The molecule has 0 aliphatic rings. The molecule has 0 aliphatic heterocycles. The number of benzene rings is 2. The number of hydrogen-bond donors (Lipinski definition) is 0. The molecule has 0 saturated carbocycles. The summed E-state index contributed by atoms with van der Waals surface area (Å²) in [4.78, 5) is 0. The summed E-state index contributed by atoms with van der Waals surface area (Å²) in [5, 5.41) is 2.98. The standard InChI is InChI=1S/C15H17P.ClH.Pd/c1-2-13-16(14-9-5-3-6-10-14)15-11-7-4-8-12-15;;/h3-12H,2,13H2,1H3;1H;/q;;+1/p-1. The molecule has 99 valence electrons. The summed E-state index contributed by atoms with van der Waals surface area (Å²) < 4.78 is 0. The van der Waals surface area contributed by atoms with Gasteiger partial charge in [0.15, 0.2) is 0 Å². The molecule has 18 heavy (non-hydrogen) atoms. The zero-order valence-electron chi connectivity index (χ0n) is 10.3. The van der Waals surface area contributed by atoms with Gasteiger partial charge in [-0.2, -0.15) is 0 Å². The summed E-state index contributed by atoms with van der Waals surface area (Å²) in [7, 11) is 4.34. The first-order valence-electron chi connectivity index (χ1n) is 5.91. The van der Waals surface area contributed by atoms with Crippen LogP contribution in [0.4, 0.5) is 0 Å². The summed E-state index contributed by atoms with van der Waals surface area (Å²) in [6.45, 7) is 2.27. The maximum absolute atomic E-state index is 4.49. The first-order chi connectivity index (χ1) is 8.92. The predicted octanol–water partition coefficient (Wildman–Crippen LogP) is 4.22. The molecule has 3 heteroatoms. The fraction of sp³-hybridized carbons (Fsp3) is 0.200. The predicted molar refractivity (Wildman–Crippen MR) is 80.1 cm³/mol. The monoisotopic (exact) mass is 369 g/mol. The molecule has 0 saturated heterocycles. The van der Waals surface area contributed by atoms with Crippen molar-refractivity contribution in [3.63, 3.8) is 0 Å².